The first-order chi connectivity index (χ1) is 16.0. The molecule has 0 saturated heterocycles. The molecule has 0 bridgehead atoms. The minimum absolute atomic E-state index is 0.0400. The van der Waals surface area contributed by atoms with Crippen LogP contribution in [0.3, 0.4) is 0 Å². The summed E-state index contributed by atoms with van der Waals surface area (Å²) < 4.78 is 7.00. The van der Waals surface area contributed by atoms with Crippen molar-refractivity contribution in [1.29, 1.82) is 0 Å². The highest BCUT2D eigenvalue weighted by Gasteiger charge is 2.24. The molecule has 2 heterocycles. The normalized spacial score (nSPS) is 15.9. The van der Waals surface area contributed by atoms with Crippen LogP contribution in [0.4, 0.5) is 5.69 Å². The number of amides is 2. The third-order valence-electron chi connectivity index (χ3n) is 6.12. The number of ether oxygens (including phenoxy) is 1. The average molecular weight is 456 g/mol. The van der Waals surface area contributed by atoms with Gasteiger partial charge in [0.05, 0.1) is 0 Å². The quantitative estimate of drug-likeness (QED) is 0.642. The second kappa shape index (κ2) is 12.5. The molecular formula is C25H37N5O3. The molecule has 3 rings (SSSR count). The number of nitrogens with zero attached hydrogens (tertiary/aromatic N) is 5. The molecular weight excluding hydrogens is 418 g/mol. The Morgan fingerprint density at radius 3 is 2.61 bits per heavy atom. The van der Waals surface area contributed by atoms with Gasteiger partial charge in [-0.15, -0.1) is 0 Å². The van der Waals surface area contributed by atoms with E-state index in [0.29, 0.717) is 32.1 Å². The first-order valence-electron chi connectivity index (χ1n) is 11.9. The van der Waals surface area contributed by atoms with Crippen LogP contribution in [0.2, 0.25) is 0 Å². The molecule has 0 radical (unpaired) electrons. The third-order valence-corrected chi connectivity index (χ3v) is 6.12. The summed E-state index contributed by atoms with van der Waals surface area (Å²) in [6.45, 7) is 8.59. The maximum Gasteiger partial charge on any atom is 0.252 e. The fourth-order valence-electron chi connectivity index (χ4n) is 4.28. The molecule has 1 aliphatic heterocycles. The van der Waals surface area contributed by atoms with E-state index in [0.717, 1.165) is 43.7 Å². The smallest absolute Gasteiger partial charge is 0.252 e. The SMILES string of the molecule is COCC(=O)N1CCCN(C(C)C)CCN(C(=O)CCCn2cccn2)Cc2ccccc21. The molecule has 0 unspecified atom stereocenters. The lowest BCUT2D eigenvalue weighted by Crippen LogP contribution is -2.41. The molecule has 180 valence electrons. The van der Waals surface area contributed by atoms with Gasteiger partial charge in [0.25, 0.3) is 5.91 Å². The first-order valence-corrected chi connectivity index (χ1v) is 11.9. The van der Waals surface area contributed by atoms with E-state index >= 15 is 0 Å². The maximum atomic E-state index is 13.3. The summed E-state index contributed by atoms with van der Waals surface area (Å²) in [5.41, 5.74) is 1.85. The van der Waals surface area contributed by atoms with E-state index in [2.05, 4.69) is 23.8 Å². The second-order valence-corrected chi connectivity index (χ2v) is 8.78. The molecule has 0 fully saturated rings. The molecule has 33 heavy (non-hydrogen) atoms. The number of aryl methyl sites for hydroxylation is 1. The van der Waals surface area contributed by atoms with Gasteiger partial charge in [0.15, 0.2) is 0 Å². The number of benzene rings is 1. The Morgan fingerprint density at radius 1 is 1.06 bits per heavy atom. The Bertz CT molecular complexity index is 884. The fourth-order valence-corrected chi connectivity index (χ4v) is 4.28. The van der Waals surface area contributed by atoms with E-state index in [9.17, 15) is 9.59 Å². The monoisotopic (exact) mass is 455 g/mol. The zero-order chi connectivity index (χ0) is 23.6. The van der Waals surface area contributed by atoms with Crippen molar-refractivity contribution in [2.75, 3.05) is 44.8 Å². The van der Waals surface area contributed by atoms with Gasteiger partial charge in [-0.05, 0) is 44.4 Å². The van der Waals surface area contributed by atoms with Gasteiger partial charge in [-0.1, -0.05) is 18.2 Å². The van der Waals surface area contributed by atoms with Gasteiger partial charge in [0.2, 0.25) is 5.91 Å². The minimum atomic E-state index is -0.0580. The molecule has 0 aliphatic carbocycles. The lowest BCUT2D eigenvalue weighted by molar-refractivity contribution is -0.132. The number of aromatic nitrogens is 2. The lowest BCUT2D eigenvalue weighted by Gasteiger charge is -2.30. The van der Waals surface area contributed by atoms with E-state index < -0.39 is 0 Å². The molecule has 8 heteroatoms. The summed E-state index contributed by atoms with van der Waals surface area (Å²) in [4.78, 5) is 32.3. The van der Waals surface area contributed by atoms with Crippen molar-refractivity contribution >= 4 is 17.5 Å². The molecule has 0 saturated carbocycles. The summed E-state index contributed by atoms with van der Waals surface area (Å²) in [6.07, 6.45) is 5.74. The van der Waals surface area contributed by atoms with Crippen LogP contribution in [-0.2, 0) is 27.4 Å². The number of carbonyl (C=O) groups is 2. The zero-order valence-electron chi connectivity index (χ0n) is 20.2. The van der Waals surface area contributed by atoms with Crippen LogP contribution in [0.15, 0.2) is 42.7 Å². The van der Waals surface area contributed by atoms with Crippen LogP contribution in [-0.4, -0.2) is 77.3 Å². The predicted molar refractivity (Wildman–Crippen MR) is 129 cm³/mol. The predicted octanol–water partition coefficient (Wildman–Crippen LogP) is 2.79. The highest BCUT2D eigenvalue weighted by Crippen LogP contribution is 2.24. The Morgan fingerprint density at radius 2 is 1.88 bits per heavy atom. The standard InChI is InChI=1S/C25H37N5O3/c1-21(2)27-13-8-16-30(25(32)20-33-3)23-10-5-4-9-22(23)19-28(18-17-27)24(31)11-6-14-29-15-7-12-26-29/h4-5,7,9-10,12,15,21H,6,8,11,13-14,16-20H2,1-3H3. The van der Waals surface area contributed by atoms with E-state index in [1.165, 1.54) is 0 Å². The van der Waals surface area contributed by atoms with Crippen molar-refractivity contribution in [2.24, 2.45) is 0 Å². The number of para-hydroxylation sites is 1. The van der Waals surface area contributed by atoms with Crippen LogP contribution in [0, 0.1) is 0 Å². The van der Waals surface area contributed by atoms with Crippen molar-refractivity contribution in [3.05, 3.63) is 48.3 Å². The summed E-state index contributed by atoms with van der Waals surface area (Å²) in [6, 6.07) is 10.2. The number of methoxy groups -OCH3 is 1. The molecule has 2 aromatic rings. The Labute approximate surface area is 197 Å². The van der Waals surface area contributed by atoms with E-state index in [4.69, 9.17) is 4.74 Å². The maximum absolute atomic E-state index is 13.3. The van der Waals surface area contributed by atoms with Gasteiger partial charge in [-0.2, -0.15) is 5.10 Å². The van der Waals surface area contributed by atoms with Gasteiger partial charge < -0.3 is 14.5 Å². The topological polar surface area (TPSA) is 70.9 Å². The van der Waals surface area contributed by atoms with Crippen LogP contribution < -0.4 is 4.90 Å². The van der Waals surface area contributed by atoms with Crippen LogP contribution in [0.25, 0.3) is 0 Å². The number of hydrogen-bond donors (Lipinski definition) is 0. The number of hydrogen-bond acceptors (Lipinski definition) is 5. The van der Waals surface area contributed by atoms with E-state index in [1.54, 1.807) is 13.3 Å². The second-order valence-electron chi connectivity index (χ2n) is 8.78. The zero-order valence-corrected chi connectivity index (χ0v) is 20.2. The molecule has 1 aromatic carbocycles. The van der Waals surface area contributed by atoms with Gasteiger partial charge in [-0.25, -0.2) is 0 Å². The van der Waals surface area contributed by atoms with Crippen LogP contribution in [0.5, 0.6) is 0 Å². The summed E-state index contributed by atoms with van der Waals surface area (Å²) in [5.74, 6) is 0.0760. The van der Waals surface area contributed by atoms with E-state index in [-0.39, 0.29) is 18.4 Å². The van der Waals surface area contributed by atoms with Gasteiger partial charge in [0, 0.05) is 76.9 Å². The summed E-state index contributed by atoms with van der Waals surface area (Å²) in [7, 11) is 1.54. The van der Waals surface area contributed by atoms with Gasteiger partial charge >= 0.3 is 0 Å². The first kappa shape index (κ1) is 24.9. The number of anilines is 1. The molecule has 1 aliphatic rings. The highest BCUT2D eigenvalue weighted by molar-refractivity contribution is 5.95. The average Bonchev–Trinajstić information content (AvgIpc) is 3.30. The largest absolute Gasteiger partial charge is 0.375 e. The third kappa shape index (κ3) is 7.14. The minimum Gasteiger partial charge on any atom is -0.375 e. The summed E-state index contributed by atoms with van der Waals surface area (Å²) in [5, 5.41) is 4.22. The Kier molecular flexibility index (Phi) is 9.45. The molecule has 1 aromatic heterocycles. The lowest BCUT2D eigenvalue weighted by atomic mass is 10.1. The van der Waals surface area contributed by atoms with Crippen molar-refractivity contribution in [3.8, 4) is 0 Å². The van der Waals surface area contributed by atoms with Crippen LogP contribution >= 0.6 is 0 Å². The summed E-state index contributed by atoms with van der Waals surface area (Å²) >= 11 is 0. The highest BCUT2D eigenvalue weighted by atomic mass is 16.5. The molecule has 0 N–H and O–H groups in total. The van der Waals surface area contributed by atoms with E-state index in [1.807, 2.05) is 51.0 Å². The Hall–Kier alpha value is -2.71. The van der Waals surface area contributed by atoms with Gasteiger partial charge in [-0.3, -0.25) is 19.2 Å². The Balaban J connectivity index is 1.81. The molecule has 0 spiro atoms. The van der Waals surface area contributed by atoms with Crippen molar-refractivity contribution < 1.29 is 14.3 Å². The molecule has 0 atom stereocenters. The molecule has 2 amide bonds. The number of carbonyl (C=O) groups excluding carboxylic acids is 2. The fraction of sp³-hybridized carbons (Fsp3) is 0.560. The number of rotatable bonds is 7. The van der Waals surface area contributed by atoms with Gasteiger partial charge in [0.1, 0.15) is 6.61 Å². The van der Waals surface area contributed by atoms with Crippen LogP contribution in [0.1, 0.15) is 38.7 Å². The number of fused-ring (bicyclic) bond motifs is 1. The van der Waals surface area contributed by atoms with Crippen molar-refractivity contribution in [2.45, 2.75) is 52.2 Å². The van der Waals surface area contributed by atoms with Crippen molar-refractivity contribution in [1.82, 2.24) is 19.6 Å². The molecule has 8 nitrogen and oxygen atoms in total. The van der Waals surface area contributed by atoms with Crippen molar-refractivity contribution in [3.63, 3.8) is 0 Å².